The average molecular weight is 298 g/mol. The monoisotopic (exact) mass is 298 g/mol. The van der Waals surface area contributed by atoms with Crippen molar-refractivity contribution in [3.63, 3.8) is 0 Å². The summed E-state index contributed by atoms with van der Waals surface area (Å²) >= 11 is 1.33. The van der Waals surface area contributed by atoms with Crippen LogP contribution in [-0.2, 0) is 12.7 Å². The van der Waals surface area contributed by atoms with Crippen molar-refractivity contribution in [2.24, 2.45) is 5.73 Å². The predicted octanol–water partition coefficient (Wildman–Crippen LogP) is 4.02. The molecule has 0 bridgehead atoms. The van der Waals surface area contributed by atoms with Crippen LogP contribution in [0.15, 0.2) is 46.5 Å². The Kier molecular flexibility index (Phi) is 4.35. The van der Waals surface area contributed by atoms with Gasteiger partial charge in [0.2, 0.25) is 0 Å². The molecule has 0 amide bonds. The molecule has 0 fully saturated rings. The largest absolute Gasteiger partial charge is 0.417 e. The van der Waals surface area contributed by atoms with Crippen LogP contribution in [0.5, 0.6) is 0 Å². The number of aryl methyl sites for hydroxylation is 1. The van der Waals surface area contributed by atoms with Crippen LogP contribution in [0, 0.1) is 6.92 Å². The number of benzene rings is 1. The van der Waals surface area contributed by atoms with Crippen LogP contribution < -0.4 is 5.73 Å². The molecular formula is C14H13F3N2S. The molecule has 0 unspecified atom stereocenters. The van der Waals surface area contributed by atoms with Gasteiger partial charge in [-0.05, 0) is 36.2 Å². The van der Waals surface area contributed by atoms with E-state index in [9.17, 15) is 13.2 Å². The Balaban J connectivity index is 2.18. The topological polar surface area (TPSA) is 38.9 Å². The van der Waals surface area contributed by atoms with Gasteiger partial charge in [0.05, 0.1) is 5.56 Å². The Morgan fingerprint density at radius 1 is 1.20 bits per heavy atom. The molecule has 2 N–H and O–H groups in total. The Morgan fingerprint density at radius 3 is 2.45 bits per heavy atom. The quantitative estimate of drug-likeness (QED) is 0.930. The van der Waals surface area contributed by atoms with Gasteiger partial charge < -0.3 is 5.73 Å². The number of aromatic nitrogens is 1. The van der Waals surface area contributed by atoms with E-state index in [-0.39, 0.29) is 0 Å². The second kappa shape index (κ2) is 5.85. The molecule has 0 spiro atoms. The zero-order valence-corrected chi connectivity index (χ0v) is 11.6. The lowest BCUT2D eigenvalue weighted by atomic mass is 10.1. The number of alkyl halides is 3. The van der Waals surface area contributed by atoms with E-state index in [0.29, 0.717) is 11.6 Å². The lowest BCUT2D eigenvalue weighted by Crippen LogP contribution is -2.05. The van der Waals surface area contributed by atoms with Gasteiger partial charge in [0.1, 0.15) is 5.03 Å². The van der Waals surface area contributed by atoms with Gasteiger partial charge in [-0.25, -0.2) is 4.98 Å². The Hall–Kier alpha value is -1.53. The van der Waals surface area contributed by atoms with E-state index in [4.69, 9.17) is 5.73 Å². The van der Waals surface area contributed by atoms with Crippen LogP contribution in [0.1, 0.15) is 16.7 Å². The van der Waals surface area contributed by atoms with Crippen molar-refractivity contribution < 1.29 is 13.2 Å². The zero-order valence-electron chi connectivity index (χ0n) is 10.7. The molecular weight excluding hydrogens is 285 g/mol. The Labute approximate surface area is 119 Å². The van der Waals surface area contributed by atoms with Gasteiger partial charge in [-0.3, -0.25) is 0 Å². The maximum Gasteiger partial charge on any atom is 0.417 e. The smallest absolute Gasteiger partial charge is 0.326 e. The van der Waals surface area contributed by atoms with E-state index >= 15 is 0 Å². The van der Waals surface area contributed by atoms with Crippen molar-refractivity contribution in [3.8, 4) is 0 Å². The van der Waals surface area contributed by atoms with Crippen LogP contribution in [0.3, 0.4) is 0 Å². The molecule has 0 aliphatic heterocycles. The average Bonchev–Trinajstić information content (AvgIpc) is 2.40. The normalized spacial score (nSPS) is 11.7. The zero-order chi connectivity index (χ0) is 14.8. The molecule has 1 aromatic heterocycles. The van der Waals surface area contributed by atoms with E-state index in [0.717, 1.165) is 28.3 Å². The highest BCUT2D eigenvalue weighted by atomic mass is 32.2. The molecule has 2 aromatic rings. The molecule has 0 saturated heterocycles. The third-order valence-corrected chi connectivity index (χ3v) is 3.88. The van der Waals surface area contributed by atoms with Crippen molar-refractivity contribution in [2.75, 3.05) is 0 Å². The molecule has 1 heterocycles. The second-order valence-corrected chi connectivity index (χ2v) is 5.35. The Morgan fingerprint density at radius 2 is 1.95 bits per heavy atom. The first-order valence-corrected chi connectivity index (χ1v) is 6.72. The van der Waals surface area contributed by atoms with E-state index in [1.807, 2.05) is 25.1 Å². The van der Waals surface area contributed by atoms with Crippen molar-refractivity contribution in [3.05, 3.63) is 53.2 Å². The van der Waals surface area contributed by atoms with Crippen molar-refractivity contribution in [2.45, 2.75) is 29.6 Å². The maximum atomic E-state index is 12.4. The minimum absolute atomic E-state index is 0.463. The SMILES string of the molecule is Cc1cc(CN)ccc1Sc1ccc(C(F)(F)F)cn1. The third-order valence-electron chi connectivity index (χ3n) is 2.75. The van der Waals surface area contributed by atoms with Gasteiger partial charge in [-0.1, -0.05) is 23.9 Å². The second-order valence-electron chi connectivity index (χ2n) is 4.29. The summed E-state index contributed by atoms with van der Waals surface area (Å²) in [4.78, 5) is 4.80. The van der Waals surface area contributed by atoms with Crippen molar-refractivity contribution in [1.29, 1.82) is 0 Å². The standard InChI is InChI=1S/C14H13F3N2S/c1-9-6-10(7-18)2-4-12(9)20-13-5-3-11(8-19-13)14(15,16)17/h2-6,8H,7,18H2,1H3. The number of nitrogens with zero attached hydrogens (tertiary/aromatic N) is 1. The summed E-state index contributed by atoms with van der Waals surface area (Å²) in [5.74, 6) is 0. The molecule has 2 nitrogen and oxygen atoms in total. The minimum Gasteiger partial charge on any atom is -0.326 e. The first-order chi connectivity index (χ1) is 9.40. The molecule has 20 heavy (non-hydrogen) atoms. The van der Waals surface area contributed by atoms with Gasteiger partial charge in [0.15, 0.2) is 0 Å². The summed E-state index contributed by atoms with van der Waals surface area (Å²) in [7, 11) is 0. The van der Waals surface area contributed by atoms with Crippen LogP contribution in [0.4, 0.5) is 13.2 Å². The summed E-state index contributed by atoms with van der Waals surface area (Å²) in [6, 6.07) is 8.19. The van der Waals surface area contributed by atoms with Crippen LogP contribution in [0.25, 0.3) is 0 Å². The first-order valence-electron chi connectivity index (χ1n) is 5.91. The molecule has 1 aromatic carbocycles. The summed E-state index contributed by atoms with van der Waals surface area (Å²) in [5, 5.41) is 0.529. The van der Waals surface area contributed by atoms with E-state index < -0.39 is 11.7 Å². The van der Waals surface area contributed by atoms with Crippen molar-refractivity contribution in [1.82, 2.24) is 4.98 Å². The van der Waals surface area contributed by atoms with Gasteiger partial charge in [0.25, 0.3) is 0 Å². The fraction of sp³-hybridized carbons (Fsp3) is 0.214. The highest BCUT2D eigenvalue weighted by Gasteiger charge is 2.30. The van der Waals surface area contributed by atoms with E-state index in [1.54, 1.807) is 0 Å². The predicted molar refractivity (Wildman–Crippen MR) is 72.4 cm³/mol. The summed E-state index contributed by atoms with van der Waals surface area (Å²) in [6.45, 7) is 2.40. The molecule has 0 aliphatic rings. The number of rotatable bonds is 3. The molecule has 2 rings (SSSR count). The van der Waals surface area contributed by atoms with Gasteiger partial charge in [-0.2, -0.15) is 13.2 Å². The van der Waals surface area contributed by atoms with Crippen molar-refractivity contribution >= 4 is 11.8 Å². The number of halogens is 3. The first kappa shape index (κ1) is 14.9. The molecule has 0 aliphatic carbocycles. The third kappa shape index (κ3) is 3.52. The number of hydrogen-bond donors (Lipinski definition) is 1. The van der Waals surface area contributed by atoms with Crippen LogP contribution in [0.2, 0.25) is 0 Å². The molecule has 6 heteroatoms. The fourth-order valence-electron chi connectivity index (χ4n) is 1.67. The highest BCUT2D eigenvalue weighted by Crippen LogP contribution is 2.32. The summed E-state index contributed by atoms with van der Waals surface area (Å²) in [5.41, 5.74) is 6.86. The fourth-order valence-corrected chi connectivity index (χ4v) is 2.50. The number of pyridine rings is 1. The number of hydrogen-bond acceptors (Lipinski definition) is 3. The van der Waals surface area contributed by atoms with Gasteiger partial charge in [-0.15, -0.1) is 0 Å². The Bertz CT molecular complexity index is 594. The molecule has 0 radical (unpaired) electrons. The summed E-state index contributed by atoms with van der Waals surface area (Å²) in [6.07, 6.45) is -3.50. The lowest BCUT2D eigenvalue weighted by molar-refractivity contribution is -0.137. The van der Waals surface area contributed by atoms with E-state index in [1.165, 1.54) is 17.8 Å². The molecule has 0 atom stereocenters. The minimum atomic E-state index is -4.35. The maximum absolute atomic E-state index is 12.4. The lowest BCUT2D eigenvalue weighted by Gasteiger charge is -2.09. The van der Waals surface area contributed by atoms with Gasteiger partial charge in [0, 0.05) is 17.6 Å². The highest BCUT2D eigenvalue weighted by molar-refractivity contribution is 7.99. The molecule has 0 saturated carbocycles. The van der Waals surface area contributed by atoms with Gasteiger partial charge >= 0.3 is 6.18 Å². The van der Waals surface area contributed by atoms with Crippen LogP contribution in [-0.4, -0.2) is 4.98 Å². The molecule has 106 valence electrons. The number of nitrogens with two attached hydrogens (primary N) is 1. The summed E-state index contributed by atoms with van der Waals surface area (Å²) < 4.78 is 37.3. The van der Waals surface area contributed by atoms with Crippen LogP contribution >= 0.6 is 11.8 Å². The van der Waals surface area contributed by atoms with E-state index in [2.05, 4.69) is 4.98 Å².